The van der Waals surface area contributed by atoms with Crippen molar-refractivity contribution in [3.63, 3.8) is 0 Å². The van der Waals surface area contributed by atoms with Gasteiger partial charge >= 0.3 is 0 Å². The highest BCUT2D eigenvalue weighted by atomic mass is 35.5. The molecule has 0 radical (unpaired) electrons. The van der Waals surface area contributed by atoms with Crippen molar-refractivity contribution in [3.8, 4) is 0 Å². The van der Waals surface area contributed by atoms with Crippen LogP contribution in [0.3, 0.4) is 0 Å². The van der Waals surface area contributed by atoms with Gasteiger partial charge in [0.15, 0.2) is 0 Å². The number of unbranched alkanes of at least 4 members (excludes halogenated alkanes) is 1. The minimum absolute atomic E-state index is 0. The average molecular weight is 217 g/mol. The highest BCUT2D eigenvalue weighted by molar-refractivity contribution is 5.15. The molecule has 1 N–H and O–H groups in total. The van der Waals surface area contributed by atoms with Crippen molar-refractivity contribution in [2.24, 2.45) is 0 Å². The molecule has 0 amide bonds. The van der Waals surface area contributed by atoms with E-state index >= 15 is 0 Å². The molecule has 1 aromatic carbocycles. The molecule has 3 heteroatoms. The molecule has 0 aromatic heterocycles. The molecular formula is C11H16ClFN-. The minimum Gasteiger partial charge on any atom is -1.00 e. The molecule has 1 rings (SSSR count). The van der Waals surface area contributed by atoms with Crippen molar-refractivity contribution in [2.45, 2.75) is 26.3 Å². The third kappa shape index (κ3) is 5.20. The third-order valence-electron chi connectivity index (χ3n) is 1.95. The Labute approximate surface area is 91.1 Å². The smallest absolute Gasteiger partial charge is 0.123 e. The van der Waals surface area contributed by atoms with E-state index in [2.05, 4.69) is 12.2 Å². The minimum atomic E-state index is -0.169. The summed E-state index contributed by atoms with van der Waals surface area (Å²) in [6.07, 6.45) is 2.40. The second-order valence-electron chi connectivity index (χ2n) is 3.16. The topological polar surface area (TPSA) is 12.0 Å². The lowest BCUT2D eigenvalue weighted by atomic mass is 10.2. The zero-order valence-corrected chi connectivity index (χ0v) is 9.15. The van der Waals surface area contributed by atoms with Crippen LogP contribution in [0.4, 0.5) is 4.39 Å². The third-order valence-corrected chi connectivity index (χ3v) is 1.95. The Balaban J connectivity index is 0.00000169. The average Bonchev–Trinajstić information content (AvgIpc) is 2.15. The van der Waals surface area contributed by atoms with Gasteiger partial charge in [-0.3, -0.25) is 0 Å². The molecule has 0 atom stereocenters. The molecule has 0 aliphatic rings. The maximum Gasteiger partial charge on any atom is 0.123 e. The normalized spacial score (nSPS) is 9.57. The summed E-state index contributed by atoms with van der Waals surface area (Å²) >= 11 is 0. The van der Waals surface area contributed by atoms with Crippen LogP contribution in [-0.2, 0) is 6.54 Å². The van der Waals surface area contributed by atoms with Crippen LogP contribution in [-0.4, -0.2) is 6.54 Å². The monoisotopic (exact) mass is 216 g/mol. The molecule has 0 bridgehead atoms. The van der Waals surface area contributed by atoms with E-state index in [1.165, 1.54) is 25.0 Å². The van der Waals surface area contributed by atoms with E-state index in [1.54, 1.807) is 0 Å². The van der Waals surface area contributed by atoms with E-state index in [1.807, 2.05) is 12.1 Å². The van der Waals surface area contributed by atoms with Gasteiger partial charge in [0.1, 0.15) is 5.82 Å². The summed E-state index contributed by atoms with van der Waals surface area (Å²) in [7, 11) is 0. The van der Waals surface area contributed by atoms with Crippen molar-refractivity contribution < 1.29 is 16.8 Å². The Morgan fingerprint density at radius 1 is 1.21 bits per heavy atom. The van der Waals surface area contributed by atoms with Gasteiger partial charge in [0.05, 0.1) is 0 Å². The second kappa shape index (κ2) is 7.77. The van der Waals surface area contributed by atoms with Crippen LogP contribution >= 0.6 is 0 Å². The Morgan fingerprint density at radius 2 is 1.86 bits per heavy atom. The first-order valence-electron chi connectivity index (χ1n) is 4.78. The predicted octanol–water partition coefficient (Wildman–Crippen LogP) is -0.281. The van der Waals surface area contributed by atoms with Crippen molar-refractivity contribution in [1.82, 2.24) is 5.32 Å². The number of rotatable bonds is 5. The molecule has 0 spiro atoms. The van der Waals surface area contributed by atoms with Gasteiger partial charge in [-0.15, -0.1) is 0 Å². The van der Waals surface area contributed by atoms with Gasteiger partial charge in [-0.2, -0.15) is 0 Å². The van der Waals surface area contributed by atoms with Gasteiger partial charge in [-0.25, -0.2) is 4.39 Å². The van der Waals surface area contributed by atoms with Crippen molar-refractivity contribution in [2.75, 3.05) is 6.54 Å². The highest BCUT2D eigenvalue weighted by Gasteiger charge is 1.92. The van der Waals surface area contributed by atoms with Crippen molar-refractivity contribution in [3.05, 3.63) is 35.6 Å². The van der Waals surface area contributed by atoms with Crippen LogP contribution < -0.4 is 17.7 Å². The van der Waals surface area contributed by atoms with E-state index in [0.29, 0.717) is 0 Å². The zero-order chi connectivity index (χ0) is 9.52. The van der Waals surface area contributed by atoms with Gasteiger partial charge in [0.2, 0.25) is 0 Å². The summed E-state index contributed by atoms with van der Waals surface area (Å²) < 4.78 is 12.5. The fraction of sp³-hybridized carbons (Fsp3) is 0.455. The number of hydrogen-bond donors (Lipinski definition) is 1. The molecule has 1 nitrogen and oxygen atoms in total. The van der Waals surface area contributed by atoms with Crippen LogP contribution in [0.2, 0.25) is 0 Å². The number of nitrogens with one attached hydrogen (secondary N) is 1. The quantitative estimate of drug-likeness (QED) is 0.668. The summed E-state index contributed by atoms with van der Waals surface area (Å²) in [5.41, 5.74) is 1.14. The predicted molar refractivity (Wildman–Crippen MR) is 53.0 cm³/mol. The number of hydrogen-bond acceptors (Lipinski definition) is 1. The first-order valence-corrected chi connectivity index (χ1v) is 4.78. The summed E-state index contributed by atoms with van der Waals surface area (Å²) in [5, 5.41) is 3.30. The van der Waals surface area contributed by atoms with Crippen LogP contribution in [0.1, 0.15) is 25.3 Å². The fourth-order valence-electron chi connectivity index (χ4n) is 1.14. The zero-order valence-electron chi connectivity index (χ0n) is 8.39. The van der Waals surface area contributed by atoms with Crippen LogP contribution in [0.5, 0.6) is 0 Å². The van der Waals surface area contributed by atoms with Gasteiger partial charge in [-0.1, -0.05) is 25.5 Å². The number of halogens is 2. The van der Waals surface area contributed by atoms with E-state index in [9.17, 15) is 4.39 Å². The Kier molecular flexibility index (Phi) is 7.44. The molecule has 0 unspecified atom stereocenters. The molecule has 1 aromatic rings. The van der Waals surface area contributed by atoms with Gasteiger partial charge < -0.3 is 17.7 Å². The van der Waals surface area contributed by atoms with Gasteiger partial charge in [-0.05, 0) is 30.7 Å². The summed E-state index contributed by atoms with van der Waals surface area (Å²) in [4.78, 5) is 0. The molecule has 0 heterocycles. The Hall–Kier alpha value is -0.600. The van der Waals surface area contributed by atoms with Crippen LogP contribution in [0, 0.1) is 5.82 Å². The largest absolute Gasteiger partial charge is 1.00 e. The van der Waals surface area contributed by atoms with E-state index < -0.39 is 0 Å². The summed E-state index contributed by atoms with van der Waals surface area (Å²) in [5.74, 6) is -0.169. The first kappa shape index (κ1) is 13.4. The molecular weight excluding hydrogens is 201 g/mol. The summed E-state index contributed by atoms with van der Waals surface area (Å²) in [6.45, 7) is 4.04. The van der Waals surface area contributed by atoms with Crippen LogP contribution in [0.25, 0.3) is 0 Å². The molecule has 0 saturated carbocycles. The number of benzene rings is 1. The molecule has 0 aliphatic heterocycles. The second-order valence-corrected chi connectivity index (χ2v) is 3.16. The van der Waals surface area contributed by atoms with E-state index in [-0.39, 0.29) is 18.2 Å². The van der Waals surface area contributed by atoms with Crippen molar-refractivity contribution >= 4 is 0 Å². The van der Waals surface area contributed by atoms with Gasteiger partial charge in [0.25, 0.3) is 0 Å². The highest BCUT2D eigenvalue weighted by Crippen LogP contribution is 2.01. The van der Waals surface area contributed by atoms with E-state index in [0.717, 1.165) is 18.7 Å². The Bertz CT molecular complexity index is 236. The SMILES string of the molecule is CCCCNCc1ccc(F)cc1.[Cl-]. The fourth-order valence-corrected chi connectivity index (χ4v) is 1.14. The van der Waals surface area contributed by atoms with Crippen molar-refractivity contribution in [1.29, 1.82) is 0 Å². The summed E-state index contributed by atoms with van der Waals surface area (Å²) in [6, 6.07) is 6.62. The lowest BCUT2D eigenvalue weighted by Crippen LogP contribution is -3.00. The van der Waals surface area contributed by atoms with Gasteiger partial charge in [0, 0.05) is 6.54 Å². The van der Waals surface area contributed by atoms with Crippen LogP contribution in [0.15, 0.2) is 24.3 Å². The lowest BCUT2D eigenvalue weighted by molar-refractivity contribution is -0.00000342. The first-order chi connectivity index (χ1) is 6.33. The standard InChI is InChI=1S/C11H16FN.ClH/c1-2-3-8-13-9-10-4-6-11(12)7-5-10;/h4-7,13H,2-3,8-9H2,1H3;1H/p-1. The molecule has 80 valence electrons. The lowest BCUT2D eigenvalue weighted by Gasteiger charge is -2.03. The maximum absolute atomic E-state index is 12.5. The molecule has 0 fully saturated rings. The molecule has 0 saturated heterocycles. The van der Waals surface area contributed by atoms with E-state index in [4.69, 9.17) is 0 Å². The molecule has 0 aliphatic carbocycles. The molecule has 14 heavy (non-hydrogen) atoms. The maximum atomic E-state index is 12.5. The Morgan fingerprint density at radius 3 is 2.43 bits per heavy atom.